The first-order chi connectivity index (χ1) is 7.53. The van der Waals surface area contributed by atoms with Crippen LogP contribution in [0, 0.1) is 0 Å². The van der Waals surface area contributed by atoms with E-state index in [0.29, 0.717) is 0 Å². The topological polar surface area (TPSA) is 86.5 Å². The van der Waals surface area contributed by atoms with Gasteiger partial charge in [0.15, 0.2) is 9.84 Å². The van der Waals surface area contributed by atoms with Crippen LogP contribution in [0.4, 0.5) is 0 Å². The maximum Gasteiger partial charge on any atom is 0.339 e. The minimum Gasteiger partial charge on any atom is -0.465 e. The van der Waals surface area contributed by atoms with Gasteiger partial charge in [-0.05, 0) is 12.1 Å². The number of carbonyl (C=O) groups excluding carboxylic acids is 1. The molecule has 0 heterocycles. The molecule has 88 valence electrons. The average Bonchev–Trinajstić information content (AvgIpc) is 2.28. The van der Waals surface area contributed by atoms with E-state index >= 15 is 0 Å². The van der Waals surface area contributed by atoms with Crippen molar-refractivity contribution < 1.29 is 17.9 Å². The first kappa shape index (κ1) is 12.7. The molecule has 0 aliphatic rings. The van der Waals surface area contributed by atoms with Gasteiger partial charge in [-0.2, -0.15) is 0 Å². The molecular formula is C10H13NO4S. The quantitative estimate of drug-likeness (QED) is 0.764. The van der Waals surface area contributed by atoms with Crippen LogP contribution in [0.25, 0.3) is 0 Å². The number of esters is 1. The molecule has 1 aromatic carbocycles. The number of carbonyl (C=O) groups is 1. The highest BCUT2D eigenvalue weighted by Gasteiger charge is 2.21. The third-order valence-electron chi connectivity index (χ3n) is 2.01. The molecule has 0 radical (unpaired) electrons. The van der Waals surface area contributed by atoms with Crippen LogP contribution in [0.2, 0.25) is 0 Å². The first-order valence-corrected chi connectivity index (χ1v) is 6.28. The molecule has 6 heteroatoms. The molecule has 0 fully saturated rings. The van der Waals surface area contributed by atoms with E-state index in [2.05, 4.69) is 4.74 Å². The van der Waals surface area contributed by atoms with Gasteiger partial charge in [-0.15, -0.1) is 0 Å². The van der Waals surface area contributed by atoms with Gasteiger partial charge in [0.25, 0.3) is 0 Å². The number of methoxy groups -OCH3 is 1. The van der Waals surface area contributed by atoms with Gasteiger partial charge in [0.1, 0.15) is 0 Å². The molecule has 0 aliphatic carbocycles. The van der Waals surface area contributed by atoms with Crippen molar-refractivity contribution in [2.75, 3.05) is 19.4 Å². The van der Waals surface area contributed by atoms with E-state index in [1.54, 1.807) is 12.1 Å². The number of sulfone groups is 1. The number of ether oxygens (including phenoxy) is 1. The molecule has 0 saturated carbocycles. The summed E-state index contributed by atoms with van der Waals surface area (Å²) in [6, 6.07) is 5.91. The highest BCUT2D eigenvalue weighted by Crippen LogP contribution is 2.17. The summed E-state index contributed by atoms with van der Waals surface area (Å²) in [5, 5.41) is 0. The average molecular weight is 243 g/mol. The predicted molar refractivity (Wildman–Crippen MR) is 58.9 cm³/mol. The number of benzene rings is 1. The molecule has 0 aliphatic heterocycles. The van der Waals surface area contributed by atoms with Crippen molar-refractivity contribution in [1.82, 2.24) is 0 Å². The fourth-order valence-electron chi connectivity index (χ4n) is 1.28. The van der Waals surface area contributed by atoms with Crippen molar-refractivity contribution >= 4 is 15.8 Å². The van der Waals surface area contributed by atoms with Gasteiger partial charge in [0, 0.05) is 6.54 Å². The van der Waals surface area contributed by atoms with Crippen LogP contribution in [0.1, 0.15) is 10.4 Å². The summed E-state index contributed by atoms with van der Waals surface area (Å²) in [5.41, 5.74) is 5.26. The molecular weight excluding hydrogens is 230 g/mol. The lowest BCUT2D eigenvalue weighted by atomic mass is 10.2. The van der Waals surface area contributed by atoms with E-state index in [9.17, 15) is 13.2 Å². The maximum absolute atomic E-state index is 11.8. The molecule has 2 N–H and O–H groups in total. The van der Waals surface area contributed by atoms with Crippen LogP contribution in [0.5, 0.6) is 0 Å². The molecule has 16 heavy (non-hydrogen) atoms. The third kappa shape index (κ3) is 2.59. The summed E-state index contributed by atoms with van der Waals surface area (Å²) < 4.78 is 28.1. The first-order valence-electron chi connectivity index (χ1n) is 4.63. The summed E-state index contributed by atoms with van der Waals surface area (Å²) in [6.45, 7) is 0.0117. The Balaban J connectivity index is 3.29. The molecule has 1 aromatic rings. The van der Waals surface area contributed by atoms with Gasteiger partial charge in [-0.3, -0.25) is 0 Å². The van der Waals surface area contributed by atoms with Crippen LogP contribution in [0.3, 0.4) is 0 Å². The van der Waals surface area contributed by atoms with Gasteiger partial charge < -0.3 is 10.5 Å². The second kappa shape index (κ2) is 5.09. The summed E-state index contributed by atoms with van der Waals surface area (Å²) in [6.07, 6.45) is 0. The van der Waals surface area contributed by atoms with Crippen LogP contribution in [0.15, 0.2) is 29.2 Å². The Hall–Kier alpha value is -1.40. The fraction of sp³-hybridized carbons (Fsp3) is 0.300. The second-order valence-electron chi connectivity index (χ2n) is 3.10. The van der Waals surface area contributed by atoms with E-state index in [4.69, 9.17) is 5.73 Å². The van der Waals surface area contributed by atoms with Gasteiger partial charge >= 0.3 is 5.97 Å². The summed E-state index contributed by atoms with van der Waals surface area (Å²) in [5.74, 6) is -0.864. The van der Waals surface area contributed by atoms with E-state index in [-0.39, 0.29) is 22.8 Å². The second-order valence-corrected chi connectivity index (χ2v) is 5.17. The third-order valence-corrected chi connectivity index (χ3v) is 3.81. The Morgan fingerprint density at radius 1 is 1.38 bits per heavy atom. The highest BCUT2D eigenvalue weighted by molar-refractivity contribution is 7.91. The summed E-state index contributed by atoms with van der Waals surface area (Å²) in [4.78, 5) is 11.3. The molecule has 0 spiro atoms. The lowest BCUT2D eigenvalue weighted by Crippen LogP contribution is -2.18. The maximum atomic E-state index is 11.8. The fourth-order valence-corrected chi connectivity index (χ4v) is 2.58. The highest BCUT2D eigenvalue weighted by atomic mass is 32.2. The summed E-state index contributed by atoms with van der Waals surface area (Å²) in [7, 11) is -2.32. The normalized spacial score (nSPS) is 11.1. The molecule has 0 unspecified atom stereocenters. The van der Waals surface area contributed by atoms with Crippen LogP contribution < -0.4 is 5.73 Å². The lowest BCUT2D eigenvalue weighted by molar-refractivity contribution is 0.0596. The van der Waals surface area contributed by atoms with Crippen molar-refractivity contribution in [2.24, 2.45) is 5.73 Å². The van der Waals surface area contributed by atoms with Crippen LogP contribution in [-0.4, -0.2) is 33.8 Å². The standard InChI is InChI=1S/C10H13NO4S/c1-15-10(12)8-4-2-3-5-9(8)16(13,14)7-6-11/h2-5H,6-7,11H2,1H3. The zero-order chi connectivity index (χ0) is 12.2. The monoisotopic (exact) mass is 243 g/mol. The van der Waals surface area contributed by atoms with Crippen molar-refractivity contribution in [3.63, 3.8) is 0 Å². The van der Waals surface area contributed by atoms with E-state index < -0.39 is 15.8 Å². The zero-order valence-electron chi connectivity index (χ0n) is 8.84. The van der Waals surface area contributed by atoms with Gasteiger partial charge in [0.05, 0.1) is 23.3 Å². The Bertz CT molecular complexity index is 481. The van der Waals surface area contributed by atoms with Gasteiger partial charge in [-0.25, -0.2) is 13.2 Å². The largest absolute Gasteiger partial charge is 0.465 e. The number of hydrogen-bond donors (Lipinski definition) is 1. The van der Waals surface area contributed by atoms with E-state index in [1.807, 2.05) is 0 Å². The minimum absolute atomic E-state index is 0.0117. The minimum atomic E-state index is -3.52. The van der Waals surface area contributed by atoms with Crippen LogP contribution in [-0.2, 0) is 14.6 Å². The van der Waals surface area contributed by atoms with Crippen molar-refractivity contribution in [3.05, 3.63) is 29.8 Å². The SMILES string of the molecule is COC(=O)c1ccccc1S(=O)(=O)CCN. The van der Waals surface area contributed by atoms with Gasteiger partial charge in [-0.1, -0.05) is 12.1 Å². The number of hydrogen-bond acceptors (Lipinski definition) is 5. The summed E-state index contributed by atoms with van der Waals surface area (Å²) >= 11 is 0. The number of nitrogens with two attached hydrogens (primary N) is 1. The molecule has 0 atom stereocenters. The lowest BCUT2D eigenvalue weighted by Gasteiger charge is -2.07. The van der Waals surface area contributed by atoms with Crippen molar-refractivity contribution in [2.45, 2.75) is 4.90 Å². The van der Waals surface area contributed by atoms with E-state index in [1.165, 1.54) is 19.2 Å². The zero-order valence-corrected chi connectivity index (χ0v) is 9.66. The number of rotatable bonds is 4. The van der Waals surface area contributed by atoms with Gasteiger partial charge in [0.2, 0.25) is 0 Å². The molecule has 0 aromatic heterocycles. The Kier molecular flexibility index (Phi) is 4.03. The molecule has 0 amide bonds. The molecule has 0 bridgehead atoms. The van der Waals surface area contributed by atoms with Crippen molar-refractivity contribution in [3.8, 4) is 0 Å². The Labute approximate surface area is 94.1 Å². The Morgan fingerprint density at radius 3 is 2.56 bits per heavy atom. The van der Waals surface area contributed by atoms with Crippen molar-refractivity contribution in [1.29, 1.82) is 0 Å². The molecule has 0 saturated heterocycles. The smallest absolute Gasteiger partial charge is 0.339 e. The molecule has 1 rings (SSSR count). The Morgan fingerprint density at radius 2 is 2.00 bits per heavy atom. The van der Waals surface area contributed by atoms with E-state index in [0.717, 1.165) is 0 Å². The molecule has 5 nitrogen and oxygen atoms in total. The predicted octanol–water partition coefficient (Wildman–Crippen LogP) is 0.206. The van der Waals surface area contributed by atoms with Crippen LogP contribution >= 0.6 is 0 Å².